The third-order valence-electron chi connectivity index (χ3n) is 4.84. The van der Waals surface area contributed by atoms with Crippen LogP contribution in [0.5, 0.6) is 0 Å². The lowest BCUT2D eigenvalue weighted by Gasteiger charge is -2.25. The number of nitrogens with one attached hydrogen (secondary N) is 1. The van der Waals surface area contributed by atoms with Gasteiger partial charge in [-0.25, -0.2) is 13.2 Å². The highest BCUT2D eigenvalue weighted by Gasteiger charge is 2.26. The van der Waals surface area contributed by atoms with Gasteiger partial charge in [-0.2, -0.15) is 4.31 Å². The van der Waals surface area contributed by atoms with Crippen molar-refractivity contribution in [3.63, 3.8) is 0 Å². The van der Waals surface area contributed by atoms with Gasteiger partial charge >= 0.3 is 6.09 Å². The monoisotopic (exact) mass is 417 g/mol. The highest BCUT2D eigenvalue weighted by molar-refractivity contribution is 7.89. The van der Waals surface area contributed by atoms with Crippen molar-refractivity contribution in [2.75, 3.05) is 39.3 Å². The van der Waals surface area contributed by atoms with Crippen molar-refractivity contribution in [2.45, 2.75) is 18.4 Å². The summed E-state index contributed by atoms with van der Waals surface area (Å²) in [5.41, 5.74) is 1.91. The molecule has 8 heteroatoms. The lowest BCUT2D eigenvalue weighted by molar-refractivity contribution is 0.0958. The molecule has 0 unspecified atom stereocenters. The van der Waals surface area contributed by atoms with Crippen LogP contribution in [0.3, 0.4) is 0 Å². The number of nitrogens with zero attached hydrogens (tertiary/aromatic N) is 2. The summed E-state index contributed by atoms with van der Waals surface area (Å²) < 4.78 is 32.9. The fourth-order valence-corrected chi connectivity index (χ4v) is 4.52. The minimum atomic E-state index is -3.62. The molecule has 29 heavy (non-hydrogen) atoms. The maximum absolute atomic E-state index is 13.0. The molecule has 1 amide bonds. The quantitative estimate of drug-likeness (QED) is 0.825. The molecule has 3 rings (SSSR count). The molecule has 0 saturated carbocycles. The Hall–Kier alpha value is -2.42. The average molecular weight is 418 g/mol. The van der Waals surface area contributed by atoms with E-state index in [4.69, 9.17) is 4.74 Å². The Bertz CT molecular complexity index is 901. The zero-order valence-electron chi connectivity index (χ0n) is 16.6. The molecule has 156 valence electrons. The summed E-state index contributed by atoms with van der Waals surface area (Å²) in [5.74, 6) is 0. The Morgan fingerprint density at radius 1 is 0.966 bits per heavy atom. The Morgan fingerprint density at radius 2 is 1.66 bits per heavy atom. The summed E-state index contributed by atoms with van der Waals surface area (Å²) in [5, 5.41) is 3.19. The molecule has 0 radical (unpaired) electrons. The van der Waals surface area contributed by atoms with E-state index in [2.05, 4.69) is 5.32 Å². The van der Waals surface area contributed by atoms with E-state index in [1.807, 2.05) is 37.3 Å². The summed E-state index contributed by atoms with van der Waals surface area (Å²) in [6.45, 7) is 4.53. The molecule has 0 bridgehead atoms. The Kier molecular flexibility index (Phi) is 7.24. The maximum atomic E-state index is 13.0. The largest absolute Gasteiger partial charge is 0.445 e. The van der Waals surface area contributed by atoms with Crippen LogP contribution in [0.2, 0.25) is 0 Å². The van der Waals surface area contributed by atoms with E-state index in [1.165, 1.54) is 4.31 Å². The molecule has 1 aliphatic heterocycles. The van der Waals surface area contributed by atoms with Gasteiger partial charge < -0.3 is 15.0 Å². The molecule has 1 heterocycles. The molecule has 1 N–H and O–H groups in total. The van der Waals surface area contributed by atoms with Crippen LogP contribution >= 0.6 is 0 Å². The molecule has 1 aliphatic rings. The lowest BCUT2D eigenvalue weighted by Crippen LogP contribution is -2.41. The second-order valence-corrected chi connectivity index (χ2v) is 8.93. The van der Waals surface area contributed by atoms with Crippen molar-refractivity contribution in [3.05, 3.63) is 65.7 Å². The number of amides is 1. The summed E-state index contributed by atoms with van der Waals surface area (Å²) in [6.07, 6.45) is -0.440. The van der Waals surface area contributed by atoms with Gasteiger partial charge in [-0.05, 0) is 24.6 Å². The number of rotatable bonds is 4. The molecule has 0 atom stereocenters. The average Bonchev–Trinajstić information content (AvgIpc) is 2.85. The van der Waals surface area contributed by atoms with Gasteiger partial charge in [-0.1, -0.05) is 48.0 Å². The third kappa shape index (κ3) is 5.79. The number of sulfonamides is 1. The molecule has 7 nitrogen and oxygen atoms in total. The number of carbonyl (C=O) groups is 1. The zero-order valence-corrected chi connectivity index (χ0v) is 17.4. The van der Waals surface area contributed by atoms with E-state index in [-0.39, 0.29) is 24.6 Å². The Labute approximate surface area is 172 Å². The zero-order chi connectivity index (χ0) is 20.7. The standard InChI is InChI=1S/C21H27N3O4S/c1-18-7-9-20(10-8-18)29(26,27)24-14-12-22-11-13-23(15-16-24)21(25)28-17-19-5-3-2-4-6-19/h2-10,22H,11-17H2,1H3. The molecular weight excluding hydrogens is 390 g/mol. The molecule has 0 aromatic heterocycles. The molecule has 0 aliphatic carbocycles. The smallest absolute Gasteiger partial charge is 0.410 e. The number of ether oxygens (including phenoxy) is 1. The van der Waals surface area contributed by atoms with Crippen molar-refractivity contribution in [2.24, 2.45) is 0 Å². The highest BCUT2D eigenvalue weighted by atomic mass is 32.2. The Morgan fingerprint density at radius 3 is 2.38 bits per heavy atom. The van der Waals surface area contributed by atoms with Gasteiger partial charge in [0, 0.05) is 39.3 Å². The van der Waals surface area contributed by atoms with Crippen LogP contribution in [0.4, 0.5) is 4.79 Å². The summed E-state index contributed by atoms with van der Waals surface area (Å²) in [7, 11) is -3.62. The number of carbonyl (C=O) groups excluding carboxylic acids is 1. The fourth-order valence-electron chi connectivity index (χ4n) is 3.09. The summed E-state index contributed by atoms with van der Waals surface area (Å²) >= 11 is 0. The Balaban J connectivity index is 1.65. The van der Waals surface area contributed by atoms with E-state index in [1.54, 1.807) is 29.2 Å². The second kappa shape index (κ2) is 9.87. The molecule has 1 fully saturated rings. The van der Waals surface area contributed by atoms with E-state index >= 15 is 0 Å². The molecular formula is C21H27N3O4S. The topological polar surface area (TPSA) is 79.0 Å². The third-order valence-corrected chi connectivity index (χ3v) is 6.75. The van der Waals surface area contributed by atoms with Crippen molar-refractivity contribution >= 4 is 16.1 Å². The second-order valence-electron chi connectivity index (χ2n) is 6.99. The maximum Gasteiger partial charge on any atom is 0.410 e. The lowest BCUT2D eigenvalue weighted by atomic mass is 10.2. The molecule has 2 aromatic carbocycles. The minimum Gasteiger partial charge on any atom is -0.445 e. The van der Waals surface area contributed by atoms with Crippen LogP contribution in [0.1, 0.15) is 11.1 Å². The van der Waals surface area contributed by atoms with E-state index in [0.29, 0.717) is 26.2 Å². The van der Waals surface area contributed by atoms with Crippen LogP contribution in [-0.2, 0) is 21.4 Å². The minimum absolute atomic E-state index is 0.189. The first kappa shape index (κ1) is 21.3. The predicted molar refractivity (Wildman–Crippen MR) is 111 cm³/mol. The molecule has 1 saturated heterocycles. The van der Waals surface area contributed by atoms with Gasteiger partial charge in [-0.15, -0.1) is 0 Å². The molecule has 0 spiro atoms. The summed E-state index contributed by atoms with van der Waals surface area (Å²) in [6, 6.07) is 16.3. The van der Waals surface area contributed by atoms with Gasteiger partial charge in [0.05, 0.1) is 4.90 Å². The van der Waals surface area contributed by atoms with E-state index in [9.17, 15) is 13.2 Å². The molecule has 2 aromatic rings. The van der Waals surface area contributed by atoms with Crippen LogP contribution < -0.4 is 5.32 Å². The number of benzene rings is 2. The van der Waals surface area contributed by atoms with Crippen molar-refractivity contribution in [1.29, 1.82) is 0 Å². The highest BCUT2D eigenvalue weighted by Crippen LogP contribution is 2.16. The van der Waals surface area contributed by atoms with Crippen molar-refractivity contribution in [1.82, 2.24) is 14.5 Å². The number of hydrogen-bond donors (Lipinski definition) is 1. The van der Waals surface area contributed by atoms with Crippen LogP contribution in [0.15, 0.2) is 59.5 Å². The fraction of sp³-hybridized carbons (Fsp3) is 0.381. The van der Waals surface area contributed by atoms with Gasteiger partial charge in [0.1, 0.15) is 6.61 Å². The SMILES string of the molecule is Cc1ccc(S(=O)(=O)N2CCNCCN(C(=O)OCc3ccccc3)CC2)cc1. The number of aryl methyl sites for hydroxylation is 1. The first-order valence-electron chi connectivity index (χ1n) is 9.70. The van der Waals surface area contributed by atoms with Crippen LogP contribution in [-0.4, -0.2) is 63.0 Å². The van der Waals surface area contributed by atoms with Crippen molar-refractivity contribution < 1.29 is 17.9 Å². The van der Waals surface area contributed by atoms with Gasteiger partial charge in [0.15, 0.2) is 0 Å². The van der Waals surface area contributed by atoms with Gasteiger partial charge in [0.25, 0.3) is 0 Å². The van der Waals surface area contributed by atoms with E-state index < -0.39 is 16.1 Å². The van der Waals surface area contributed by atoms with E-state index in [0.717, 1.165) is 11.1 Å². The first-order valence-corrected chi connectivity index (χ1v) is 11.1. The summed E-state index contributed by atoms with van der Waals surface area (Å²) in [4.78, 5) is 14.3. The van der Waals surface area contributed by atoms with Gasteiger partial charge in [0.2, 0.25) is 10.0 Å². The normalized spacial score (nSPS) is 16.5. The van der Waals surface area contributed by atoms with Gasteiger partial charge in [-0.3, -0.25) is 0 Å². The van der Waals surface area contributed by atoms with Crippen LogP contribution in [0.25, 0.3) is 0 Å². The van der Waals surface area contributed by atoms with Crippen molar-refractivity contribution in [3.8, 4) is 0 Å². The first-order chi connectivity index (χ1) is 14.0. The number of hydrogen-bond acceptors (Lipinski definition) is 5. The predicted octanol–water partition coefficient (Wildman–Crippen LogP) is 2.23. The van der Waals surface area contributed by atoms with Crippen LogP contribution in [0, 0.1) is 6.92 Å².